The summed E-state index contributed by atoms with van der Waals surface area (Å²) in [6.45, 7) is 4.01. The van der Waals surface area contributed by atoms with E-state index in [0.717, 1.165) is 17.9 Å². The summed E-state index contributed by atoms with van der Waals surface area (Å²) in [4.78, 5) is 18.6. The van der Waals surface area contributed by atoms with Crippen molar-refractivity contribution in [1.29, 1.82) is 0 Å². The molecule has 1 amide bonds. The predicted molar refractivity (Wildman–Crippen MR) is 85.9 cm³/mol. The van der Waals surface area contributed by atoms with Crippen molar-refractivity contribution < 1.29 is 15.0 Å². The van der Waals surface area contributed by atoms with E-state index in [0.29, 0.717) is 38.3 Å². The van der Waals surface area contributed by atoms with Crippen molar-refractivity contribution in [2.45, 2.75) is 45.5 Å². The third kappa shape index (κ3) is 3.34. The molecule has 2 aromatic rings. The zero-order chi connectivity index (χ0) is 17.1. The second kappa shape index (κ2) is 7.14. The first-order chi connectivity index (χ1) is 11.6. The first-order valence-corrected chi connectivity index (χ1v) is 8.25. The minimum absolute atomic E-state index is 0.0995. The minimum Gasteiger partial charge on any atom is -0.393 e. The number of carbonyl (C=O) groups is 1. The van der Waals surface area contributed by atoms with Crippen LogP contribution in [-0.2, 0) is 30.8 Å². The van der Waals surface area contributed by atoms with Gasteiger partial charge in [0.2, 0.25) is 5.91 Å². The fraction of sp³-hybridized carbons (Fsp3) is 0.562. The van der Waals surface area contributed by atoms with E-state index in [1.807, 2.05) is 22.6 Å². The highest BCUT2D eigenvalue weighted by atomic mass is 16.3. The number of hydrogen-bond donors (Lipinski definition) is 2. The van der Waals surface area contributed by atoms with Crippen molar-refractivity contribution >= 4 is 5.91 Å². The summed E-state index contributed by atoms with van der Waals surface area (Å²) in [7, 11) is 0. The molecule has 1 aliphatic heterocycles. The molecule has 1 atom stereocenters. The number of amides is 1. The van der Waals surface area contributed by atoms with Gasteiger partial charge in [0.05, 0.1) is 31.1 Å². The average molecular weight is 333 g/mol. The Labute approximate surface area is 140 Å². The Balaban J connectivity index is 1.60. The summed E-state index contributed by atoms with van der Waals surface area (Å²) in [5, 5.41) is 23.0. The van der Waals surface area contributed by atoms with E-state index < -0.39 is 6.10 Å². The number of rotatable bonds is 6. The number of aliphatic hydroxyl groups excluding tert-OH is 2. The van der Waals surface area contributed by atoms with Crippen LogP contribution in [0.25, 0.3) is 0 Å². The maximum absolute atomic E-state index is 12.5. The zero-order valence-electron chi connectivity index (χ0n) is 13.8. The molecule has 8 nitrogen and oxygen atoms in total. The highest BCUT2D eigenvalue weighted by Crippen LogP contribution is 2.18. The predicted octanol–water partition coefficient (Wildman–Crippen LogP) is 0.100. The van der Waals surface area contributed by atoms with E-state index in [1.54, 1.807) is 16.9 Å². The molecule has 1 aliphatic rings. The molecule has 0 aliphatic carbocycles. The second-order valence-corrected chi connectivity index (χ2v) is 5.94. The number of aliphatic hydroxyl groups is 2. The van der Waals surface area contributed by atoms with Crippen molar-refractivity contribution in [3.05, 3.63) is 35.7 Å². The quantitative estimate of drug-likeness (QED) is 0.782. The van der Waals surface area contributed by atoms with E-state index in [2.05, 4.69) is 10.1 Å². The molecule has 0 radical (unpaired) electrons. The van der Waals surface area contributed by atoms with E-state index in [1.165, 1.54) is 0 Å². The molecule has 0 spiro atoms. The van der Waals surface area contributed by atoms with Gasteiger partial charge in [-0.15, -0.1) is 0 Å². The molecule has 2 aromatic heterocycles. The summed E-state index contributed by atoms with van der Waals surface area (Å²) in [5.74, 6) is 1.09. The molecular formula is C16H23N5O3. The van der Waals surface area contributed by atoms with Gasteiger partial charge in [-0.3, -0.25) is 9.48 Å². The van der Waals surface area contributed by atoms with Gasteiger partial charge >= 0.3 is 0 Å². The number of nitrogens with zero attached hydrogens (tertiary/aromatic N) is 5. The Morgan fingerprint density at radius 2 is 2.25 bits per heavy atom. The molecule has 0 saturated carbocycles. The second-order valence-electron chi connectivity index (χ2n) is 5.94. The van der Waals surface area contributed by atoms with Gasteiger partial charge in [-0.05, 0) is 6.07 Å². The van der Waals surface area contributed by atoms with Gasteiger partial charge in [0.15, 0.2) is 0 Å². The fourth-order valence-electron chi connectivity index (χ4n) is 2.99. The Morgan fingerprint density at radius 3 is 3.00 bits per heavy atom. The maximum Gasteiger partial charge on any atom is 0.224 e. The molecule has 3 rings (SSSR count). The lowest BCUT2D eigenvalue weighted by Gasteiger charge is -2.27. The lowest BCUT2D eigenvalue weighted by Crippen LogP contribution is -2.38. The van der Waals surface area contributed by atoms with Gasteiger partial charge in [0, 0.05) is 38.3 Å². The first kappa shape index (κ1) is 16.7. The van der Waals surface area contributed by atoms with Crippen LogP contribution in [0.2, 0.25) is 0 Å². The molecule has 3 heterocycles. The largest absolute Gasteiger partial charge is 0.393 e. The van der Waals surface area contributed by atoms with Gasteiger partial charge in [0.25, 0.3) is 0 Å². The van der Waals surface area contributed by atoms with Crippen LogP contribution in [0.3, 0.4) is 0 Å². The lowest BCUT2D eigenvalue weighted by atomic mass is 10.2. The third-order valence-electron chi connectivity index (χ3n) is 4.37. The summed E-state index contributed by atoms with van der Waals surface area (Å²) < 4.78 is 3.81. The fourth-order valence-corrected chi connectivity index (χ4v) is 2.99. The number of aromatic nitrogens is 4. The normalized spacial score (nSPS) is 15.4. The first-order valence-electron chi connectivity index (χ1n) is 8.25. The monoisotopic (exact) mass is 333 g/mol. The highest BCUT2D eigenvalue weighted by Gasteiger charge is 2.23. The Morgan fingerprint density at radius 1 is 1.42 bits per heavy atom. The number of aryl methyl sites for hydroxylation is 2. The lowest BCUT2D eigenvalue weighted by molar-refractivity contribution is -0.132. The van der Waals surface area contributed by atoms with Crippen molar-refractivity contribution in [3.63, 3.8) is 0 Å². The summed E-state index contributed by atoms with van der Waals surface area (Å²) >= 11 is 0. The van der Waals surface area contributed by atoms with Crippen LogP contribution < -0.4 is 0 Å². The molecule has 0 bridgehead atoms. The molecule has 8 heteroatoms. The van der Waals surface area contributed by atoms with Crippen molar-refractivity contribution in [3.8, 4) is 0 Å². The molecular weight excluding hydrogens is 310 g/mol. The molecule has 2 N–H and O–H groups in total. The molecule has 0 aromatic carbocycles. The van der Waals surface area contributed by atoms with Crippen molar-refractivity contribution in [2.75, 3.05) is 13.2 Å². The Hall–Kier alpha value is -2.19. The number of carbonyl (C=O) groups excluding carboxylic acids is 1. The topological polar surface area (TPSA) is 96.4 Å². The molecule has 0 unspecified atom stereocenters. The van der Waals surface area contributed by atoms with Crippen LogP contribution in [0.5, 0.6) is 0 Å². The molecule has 24 heavy (non-hydrogen) atoms. The molecule has 0 saturated heterocycles. The zero-order valence-corrected chi connectivity index (χ0v) is 13.8. The maximum atomic E-state index is 12.5. The van der Waals surface area contributed by atoms with Gasteiger partial charge in [-0.1, -0.05) is 6.92 Å². The van der Waals surface area contributed by atoms with Crippen LogP contribution in [-0.4, -0.2) is 53.5 Å². The third-order valence-corrected chi connectivity index (χ3v) is 4.37. The summed E-state index contributed by atoms with van der Waals surface area (Å²) in [6, 6.07) is 1.76. The minimum atomic E-state index is -0.971. The van der Waals surface area contributed by atoms with Crippen LogP contribution >= 0.6 is 0 Å². The SMILES string of the molecule is CCc1nccn1CCC(=O)N1CCn2nc([C@@H](O)CO)cc2C1. The number of hydrogen-bond acceptors (Lipinski definition) is 5. The average Bonchev–Trinajstić information content (AvgIpc) is 3.24. The summed E-state index contributed by atoms with van der Waals surface area (Å²) in [6.07, 6.45) is 3.97. The van der Waals surface area contributed by atoms with Crippen LogP contribution in [0.15, 0.2) is 18.5 Å². The standard InChI is InChI=1S/C16H23N5O3/c1-2-15-17-4-6-19(15)5-3-16(24)20-7-8-21-12(10-20)9-13(18-21)14(23)11-22/h4,6,9,14,22-23H,2-3,5,7-8,10-11H2,1H3/t14-/m0/s1. The molecule has 130 valence electrons. The molecule has 0 fully saturated rings. The highest BCUT2D eigenvalue weighted by molar-refractivity contribution is 5.76. The van der Waals surface area contributed by atoms with Crippen LogP contribution in [0.4, 0.5) is 0 Å². The number of imidazole rings is 1. The van der Waals surface area contributed by atoms with Gasteiger partial charge in [-0.2, -0.15) is 5.10 Å². The van der Waals surface area contributed by atoms with Gasteiger partial charge in [0.1, 0.15) is 11.9 Å². The summed E-state index contributed by atoms with van der Waals surface area (Å²) in [5.41, 5.74) is 1.33. The van der Waals surface area contributed by atoms with Crippen molar-refractivity contribution in [1.82, 2.24) is 24.2 Å². The van der Waals surface area contributed by atoms with Gasteiger partial charge in [-0.25, -0.2) is 4.98 Å². The van der Waals surface area contributed by atoms with E-state index in [-0.39, 0.29) is 12.5 Å². The van der Waals surface area contributed by atoms with Crippen LogP contribution in [0.1, 0.15) is 36.7 Å². The van der Waals surface area contributed by atoms with E-state index in [9.17, 15) is 9.90 Å². The Bertz CT molecular complexity index is 708. The number of fused-ring (bicyclic) bond motifs is 1. The van der Waals surface area contributed by atoms with Gasteiger partial charge < -0.3 is 19.7 Å². The Kier molecular flexibility index (Phi) is 4.96. The van der Waals surface area contributed by atoms with Crippen molar-refractivity contribution in [2.24, 2.45) is 0 Å². The van der Waals surface area contributed by atoms with E-state index >= 15 is 0 Å². The van der Waals surface area contributed by atoms with E-state index in [4.69, 9.17) is 5.11 Å². The smallest absolute Gasteiger partial charge is 0.224 e. The van der Waals surface area contributed by atoms with Crippen LogP contribution in [0, 0.1) is 0 Å².